The lowest BCUT2D eigenvalue weighted by atomic mass is 9.67. The van der Waals surface area contributed by atoms with Crippen molar-refractivity contribution in [2.24, 2.45) is 0 Å². The van der Waals surface area contributed by atoms with Crippen molar-refractivity contribution >= 4 is 40.6 Å². The maximum Gasteiger partial charge on any atom is 0.0735 e. The van der Waals surface area contributed by atoms with Gasteiger partial charge in [0.15, 0.2) is 0 Å². The minimum absolute atomic E-state index is 0.471. The summed E-state index contributed by atoms with van der Waals surface area (Å²) in [6.07, 6.45) is 0. The predicted octanol–water partition coefficient (Wildman–Crippen LogP) is 20.8. The molecule has 0 atom stereocenters. The van der Waals surface area contributed by atoms with Crippen LogP contribution in [0, 0.1) is 0 Å². The Kier molecular flexibility index (Phi) is 10.4. The quantitative estimate of drug-likeness (QED) is 0.163. The molecule has 0 saturated heterocycles. The number of hydrogen-bond donors (Lipinski definition) is 0. The molecule has 2 spiro atoms. The average Bonchev–Trinajstić information content (AvgIpc) is 1.62. The van der Waals surface area contributed by atoms with Crippen molar-refractivity contribution in [2.75, 3.05) is 4.90 Å². The van der Waals surface area contributed by atoms with E-state index in [0.717, 1.165) is 17.1 Å². The monoisotopic (exact) mass is 1100 g/mol. The zero-order valence-corrected chi connectivity index (χ0v) is 47.3. The highest BCUT2D eigenvalue weighted by atomic mass is 32.2. The van der Waals surface area contributed by atoms with E-state index in [0.29, 0.717) is 0 Å². The molecule has 0 amide bonds. The van der Waals surface area contributed by atoms with Gasteiger partial charge in [-0.05, 0) is 178 Å². The molecule has 0 fully saturated rings. The summed E-state index contributed by atoms with van der Waals surface area (Å²) < 4.78 is 0. The molecule has 13 aromatic carbocycles. The van der Waals surface area contributed by atoms with Gasteiger partial charge in [0.25, 0.3) is 0 Å². The van der Waals surface area contributed by atoms with Gasteiger partial charge in [-0.15, -0.1) is 0 Å². The van der Waals surface area contributed by atoms with Gasteiger partial charge in [-0.3, -0.25) is 0 Å². The van der Waals surface area contributed by atoms with Gasteiger partial charge < -0.3 is 4.90 Å². The predicted molar refractivity (Wildman–Crippen MR) is 347 cm³/mol. The fourth-order valence-corrected chi connectivity index (χ4v) is 18.2. The summed E-state index contributed by atoms with van der Waals surface area (Å²) >= 11 is 3.78. The second-order valence-corrected chi connectivity index (χ2v) is 25.1. The number of anilines is 3. The summed E-state index contributed by atoms with van der Waals surface area (Å²) in [6.45, 7) is 0. The van der Waals surface area contributed by atoms with E-state index in [4.69, 9.17) is 0 Å². The largest absolute Gasteiger partial charge is 0.310 e. The third kappa shape index (κ3) is 6.38. The SMILES string of the molecule is c1ccc(C2(c3ccccc3)c3ccccc3-c3ccc(-c4ccc(N(c5ccc6c(c5)-c5ccccc5C65c6ccccc6Sc6ccccc65)c5ccc6c(c5)-c5ccccc5C65c6ccccc6Sc6ccccc65)cc4)cc32)cc1. The lowest BCUT2D eigenvalue weighted by Crippen LogP contribution is -2.32. The molecule has 0 aromatic heterocycles. The summed E-state index contributed by atoms with van der Waals surface area (Å²) in [5.74, 6) is 0. The van der Waals surface area contributed by atoms with Crippen LogP contribution in [0.15, 0.2) is 329 Å². The number of benzene rings is 13. The molecule has 1 nitrogen and oxygen atoms in total. The first-order valence-corrected chi connectivity index (χ1v) is 30.8. The summed E-state index contributed by atoms with van der Waals surface area (Å²) in [6, 6.07) is 117. The molecule has 3 heteroatoms. The number of nitrogens with zero attached hydrogens (tertiary/aromatic N) is 1. The van der Waals surface area contributed by atoms with E-state index in [-0.39, 0.29) is 0 Å². The summed E-state index contributed by atoms with van der Waals surface area (Å²) in [5.41, 5.74) is 27.7. The molecule has 0 unspecified atom stereocenters. The summed E-state index contributed by atoms with van der Waals surface area (Å²) in [5, 5.41) is 0. The Morgan fingerprint density at radius 1 is 0.202 bits per heavy atom. The fraction of sp³-hybridized carbons (Fsp3) is 0.0370. The van der Waals surface area contributed by atoms with Crippen molar-refractivity contribution in [1.29, 1.82) is 0 Å². The van der Waals surface area contributed by atoms with Crippen LogP contribution in [0.5, 0.6) is 0 Å². The van der Waals surface area contributed by atoms with Crippen molar-refractivity contribution in [1.82, 2.24) is 0 Å². The van der Waals surface area contributed by atoms with Crippen molar-refractivity contribution in [2.45, 2.75) is 35.8 Å². The zero-order chi connectivity index (χ0) is 55.1. The maximum atomic E-state index is 2.51. The van der Waals surface area contributed by atoms with E-state index in [1.807, 2.05) is 23.5 Å². The smallest absolute Gasteiger partial charge is 0.0735 e. The van der Waals surface area contributed by atoms with Gasteiger partial charge >= 0.3 is 0 Å². The Balaban J connectivity index is 0.840. The molecule has 0 radical (unpaired) electrons. The van der Waals surface area contributed by atoms with Crippen molar-refractivity contribution in [3.63, 3.8) is 0 Å². The van der Waals surface area contributed by atoms with E-state index >= 15 is 0 Å². The van der Waals surface area contributed by atoms with Crippen molar-refractivity contribution in [3.8, 4) is 44.5 Å². The number of hydrogen-bond acceptors (Lipinski definition) is 3. The van der Waals surface area contributed by atoms with Crippen LogP contribution in [0.2, 0.25) is 0 Å². The molecule has 0 bridgehead atoms. The average molecular weight is 1100 g/mol. The molecule has 5 aliphatic rings. The van der Waals surface area contributed by atoms with E-state index in [9.17, 15) is 0 Å². The molecule has 2 heterocycles. The van der Waals surface area contributed by atoms with Gasteiger partial charge in [-0.1, -0.05) is 266 Å². The Bertz CT molecular complexity index is 4540. The number of fused-ring (bicyclic) bond motifs is 21. The first kappa shape index (κ1) is 47.9. The Morgan fingerprint density at radius 2 is 0.524 bits per heavy atom. The normalized spacial score (nSPS) is 14.9. The molecule has 84 heavy (non-hydrogen) atoms. The third-order valence-electron chi connectivity index (χ3n) is 19.1. The van der Waals surface area contributed by atoms with Crippen LogP contribution in [0.3, 0.4) is 0 Å². The van der Waals surface area contributed by atoms with Crippen LogP contribution in [0.1, 0.15) is 66.8 Å². The molecular formula is C81H51NS2. The fourth-order valence-electron chi connectivity index (χ4n) is 15.8. The minimum atomic E-state index is -0.488. The highest BCUT2D eigenvalue weighted by molar-refractivity contribution is 7.99. The second-order valence-electron chi connectivity index (χ2n) is 22.9. The summed E-state index contributed by atoms with van der Waals surface area (Å²) in [7, 11) is 0. The standard InChI is InChI=1S/C81H51NS2/c1-3-21-54(22-4-1)79(55-23-5-2-6-24-55)65-28-10-7-25-59(65)62-46-41-53(49-74(62)79)52-39-42-56(43-40-52)82(57-44-47-68-63(50-57)60-26-8-11-29-66(60)80(68)70-31-13-17-35-75(70)83-76-36-18-14-32-71(76)80)58-45-48-69-64(51-58)61-27-9-12-30-67(61)81(69)72-33-15-19-37-77(72)84-78-38-20-16-34-73(78)81/h1-51H. The first-order chi connectivity index (χ1) is 41.6. The van der Waals surface area contributed by atoms with E-state index in [1.165, 1.54) is 131 Å². The second kappa shape index (κ2) is 18.2. The molecule has 392 valence electrons. The maximum absolute atomic E-state index is 2.51. The van der Waals surface area contributed by atoms with E-state index in [1.54, 1.807) is 0 Å². The lowest BCUT2D eigenvalue weighted by Gasteiger charge is -2.40. The van der Waals surface area contributed by atoms with E-state index < -0.39 is 16.2 Å². The van der Waals surface area contributed by atoms with Crippen LogP contribution in [-0.2, 0) is 16.2 Å². The van der Waals surface area contributed by atoms with Gasteiger partial charge in [0, 0.05) is 36.6 Å². The highest BCUT2D eigenvalue weighted by Gasteiger charge is 2.52. The van der Waals surface area contributed by atoms with Crippen LogP contribution in [-0.4, -0.2) is 0 Å². The molecule has 0 N–H and O–H groups in total. The Morgan fingerprint density at radius 3 is 0.964 bits per heavy atom. The topological polar surface area (TPSA) is 3.24 Å². The minimum Gasteiger partial charge on any atom is -0.310 e. The third-order valence-corrected chi connectivity index (χ3v) is 21.4. The van der Waals surface area contributed by atoms with Gasteiger partial charge in [-0.2, -0.15) is 0 Å². The molecule has 0 saturated carbocycles. The van der Waals surface area contributed by atoms with Crippen LogP contribution >= 0.6 is 23.5 Å². The van der Waals surface area contributed by atoms with Gasteiger partial charge in [0.05, 0.1) is 16.2 Å². The van der Waals surface area contributed by atoms with Crippen LogP contribution in [0.25, 0.3) is 44.5 Å². The van der Waals surface area contributed by atoms with Gasteiger partial charge in [-0.25, -0.2) is 0 Å². The van der Waals surface area contributed by atoms with Crippen molar-refractivity contribution in [3.05, 3.63) is 376 Å². The molecule has 3 aliphatic carbocycles. The Labute approximate surface area is 498 Å². The van der Waals surface area contributed by atoms with Gasteiger partial charge in [0.1, 0.15) is 0 Å². The molecule has 2 aliphatic heterocycles. The molecule has 18 rings (SSSR count). The molecular weight excluding hydrogens is 1050 g/mol. The summed E-state index contributed by atoms with van der Waals surface area (Å²) in [4.78, 5) is 7.74. The van der Waals surface area contributed by atoms with Crippen LogP contribution in [0.4, 0.5) is 17.1 Å². The number of rotatable bonds is 6. The van der Waals surface area contributed by atoms with E-state index in [2.05, 4.69) is 314 Å². The van der Waals surface area contributed by atoms with Gasteiger partial charge in [0.2, 0.25) is 0 Å². The zero-order valence-electron chi connectivity index (χ0n) is 45.7. The molecule has 13 aromatic rings. The lowest BCUT2D eigenvalue weighted by molar-refractivity contribution is 0.722. The first-order valence-electron chi connectivity index (χ1n) is 29.1. The van der Waals surface area contributed by atoms with Crippen LogP contribution < -0.4 is 4.90 Å². The Hall–Kier alpha value is -9.64. The highest BCUT2D eigenvalue weighted by Crippen LogP contribution is 2.65. The van der Waals surface area contributed by atoms with Crippen molar-refractivity contribution < 1.29 is 0 Å².